The molecular formula is C19H21ClN2O4. The molecule has 0 saturated heterocycles. The maximum atomic E-state index is 12.4. The summed E-state index contributed by atoms with van der Waals surface area (Å²) in [6, 6.07) is 12.5. The molecule has 2 N–H and O–H groups in total. The number of nitrogens with one attached hydrogen (secondary N) is 2. The van der Waals surface area contributed by atoms with Crippen molar-refractivity contribution in [3.05, 3.63) is 58.6 Å². The maximum absolute atomic E-state index is 12.4. The van der Waals surface area contributed by atoms with Gasteiger partial charge in [-0.15, -0.1) is 0 Å². The third kappa shape index (κ3) is 5.39. The van der Waals surface area contributed by atoms with Gasteiger partial charge in [0.25, 0.3) is 5.91 Å². The molecule has 0 aliphatic carbocycles. The first-order valence-corrected chi connectivity index (χ1v) is 8.43. The van der Waals surface area contributed by atoms with E-state index in [1.807, 2.05) is 12.1 Å². The topological polar surface area (TPSA) is 76.7 Å². The fourth-order valence-electron chi connectivity index (χ4n) is 2.38. The van der Waals surface area contributed by atoms with Crippen molar-refractivity contribution in [1.29, 1.82) is 0 Å². The van der Waals surface area contributed by atoms with Crippen LogP contribution in [0.1, 0.15) is 15.9 Å². The Kier molecular flexibility index (Phi) is 7.29. The predicted octanol–water partition coefficient (Wildman–Crippen LogP) is 2.45. The summed E-state index contributed by atoms with van der Waals surface area (Å²) < 4.78 is 10.4. The number of ether oxygens (including phenoxy) is 2. The van der Waals surface area contributed by atoms with E-state index in [0.29, 0.717) is 29.5 Å². The van der Waals surface area contributed by atoms with Gasteiger partial charge < -0.3 is 20.1 Å². The Morgan fingerprint density at radius 1 is 0.962 bits per heavy atom. The van der Waals surface area contributed by atoms with Crippen LogP contribution in [-0.4, -0.2) is 39.1 Å². The molecule has 0 fully saturated rings. The Hall–Kier alpha value is -2.73. The zero-order chi connectivity index (χ0) is 18.9. The van der Waals surface area contributed by atoms with Crippen LogP contribution in [0.15, 0.2) is 42.5 Å². The smallest absolute Gasteiger partial charge is 0.259 e. The van der Waals surface area contributed by atoms with Crippen molar-refractivity contribution in [2.75, 3.05) is 27.3 Å². The monoisotopic (exact) mass is 376 g/mol. The van der Waals surface area contributed by atoms with Crippen LogP contribution in [0.2, 0.25) is 5.02 Å². The van der Waals surface area contributed by atoms with Gasteiger partial charge in [-0.05, 0) is 36.2 Å². The van der Waals surface area contributed by atoms with Gasteiger partial charge in [-0.25, -0.2) is 0 Å². The SMILES string of the molecule is COc1cccc(OC)c1C(=O)NCC(=O)NCCc1ccc(Cl)cc1. The number of carbonyl (C=O) groups excluding carboxylic acids is 2. The molecule has 0 atom stereocenters. The number of hydrogen-bond acceptors (Lipinski definition) is 4. The van der Waals surface area contributed by atoms with Gasteiger partial charge in [-0.1, -0.05) is 29.8 Å². The molecule has 2 aromatic carbocycles. The summed E-state index contributed by atoms with van der Waals surface area (Å²) in [7, 11) is 2.93. The summed E-state index contributed by atoms with van der Waals surface area (Å²) in [6.07, 6.45) is 0.678. The lowest BCUT2D eigenvalue weighted by atomic mass is 10.1. The Morgan fingerprint density at radius 3 is 2.15 bits per heavy atom. The molecule has 0 aromatic heterocycles. The van der Waals surface area contributed by atoms with Gasteiger partial charge in [0.05, 0.1) is 20.8 Å². The number of methoxy groups -OCH3 is 2. The summed E-state index contributed by atoms with van der Waals surface area (Å²) >= 11 is 5.83. The van der Waals surface area contributed by atoms with E-state index in [-0.39, 0.29) is 18.0 Å². The Balaban J connectivity index is 1.83. The molecule has 2 aromatic rings. The van der Waals surface area contributed by atoms with Gasteiger partial charge in [0.15, 0.2) is 0 Å². The summed E-state index contributed by atoms with van der Waals surface area (Å²) in [6.45, 7) is 0.328. The van der Waals surface area contributed by atoms with Crippen molar-refractivity contribution in [2.24, 2.45) is 0 Å². The first kappa shape index (κ1) is 19.6. The normalized spacial score (nSPS) is 10.1. The number of hydrogen-bond donors (Lipinski definition) is 2. The molecule has 0 aliphatic rings. The standard InChI is InChI=1S/C19H21ClN2O4/c1-25-15-4-3-5-16(26-2)18(15)19(24)22-12-17(23)21-11-10-13-6-8-14(20)9-7-13/h3-9H,10-12H2,1-2H3,(H,21,23)(H,22,24). The van der Waals surface area contributed by atoms with Gasteiger partial charge in [-0.3, -0.25) is 9.59 Å². The summed E-state index contributed by atoms with van der Waals surface area (Å²) in [5.74, 6) is 0.0447. The summed E-state index contributed by atoms with van der Waals surface area (Å²) in [5, 5.41) is 6.01. The minimum absolute atomic E-state index is 0.138. The number of benzene rings is 2. The molecule has 0 aliphatic heterocycles. The Labute approximate surface area is 157 Å². The van der Waals surface area contributed by atoms with Crippen LogP contribution in [0.5, 0.6) is 11.5 Å². The van der Waals surface area contributed by atoms with Crippen molar-refractivity contribution in [3.63, 3.8) is 0 Å². The van der Waals surface area contributed by atoms with Crippen molar-refractivity contribution in [1.82, 2.24) is 10.6 Å². The number of halogens is 1. The Morgan fingerprint density at radius 2 is 1.58 bits per heavy atom. The largest absolute Gasteiger partial charge is 0.496 e. The van der Waals surface area contributed by atoms with Crippen LogP contribution >= 0.6 is 11.6 Å². The first-order chi connectivity index (χ1) is 12.5. The van der Waals surface area contributed by atoms with Gasteiger partial charge >= 0.3 is 0 Å². The van der Waals surface area contributed by atoms with Crippen molar-refractivity contribution < 1.29 is 19.1 Å². The maximum Gasteiger partial charge on any atom is 0.259 e. The summed E-state index contributed by atoms with van der Waals surface area (Å²) in [5.41, 5.74) is 1.32. The molecule has 6 nitrogen and oxygen atoms in total. The molecule has 26 heavy (non-hydrogen) atoms. The molecule has 2 rings (SSSR count). The van der Waals surface area contributed by atoms with E-state index in [4.69, 9.17) is 21.1 Å². The molecule has 7 heteroatoms. The second-order valence-electron chi connectivity index (χ2n) is 5.45. The zero-order valence-electron chi connectivity index (χ0n) is 14.7. The number of rotatable bonds is 8. The van der Waals surface area contributed by atoms with Gasteiger partial charge in [0.2, 0.25) is 5.91 Å². The molecule has 0 spiro atoms. The molecule has 138 valence electrons. The molecule has 0 unspecified atom stereocenters. The Bertz CT molecular complexity index is 740. The van der Waals surface area contributed by atoms with Crippen molar-refractivity contribution >= 4 is 23.4 Å². The van der Waals surface area contributed by atoms with Crippen LogP contribution in [0.4, 0.5) is 0 Å². The summed E-state index contributed by atoms with van der Waals surface area (Å²) in [4.78, 5) is 24.3. The molecule has 2 amide bonds. The molecule has 0 heterocycles. The number of amides is 2. The first-order valence-electron chi connectivity index (χ1n) is 8.05. The van der Waals surface area contributed by atoms with Gasteiger partial charge in [-0.2, -0.15) is 0 Å². The number of carbonyl (C=O) groups is 2. The molecular weight excluding hydrogens is 356 g/mol. The average Bonchev–Trinajstić information content (AvgIpc) is 2.66. The molecule has 0 bridgehead atoms. The quantitative estimate of drug-likeness (QED) is 0.742. The highest BCUT2D eigenvalue weighted by Gasteiger charge is 2.18. The lowest BCUT2D eigenvalue weighted by Gasteiger charge is -2.13. The van der Waals surface area contributed by atoms with Crippen LogP contribution in [-0.2, 0) is 11.2 Å². The predicted molar refractivity (Wildman–Crippen MR) is 100 cm³/mol. The van der Waals surface area contributed by atoms with Crippen LogP contribution in [0.25, 0.3) is 0 Å². The van der Waals surface area contributed by atoms with E-state index in [2.05, 4.69) is 10.6 Å². The van der Waals surface area contributed by atoms with Crippen LogP contribution in [0.3, 0.4) is 0 Å². The third-order valence-corrected chi connectivity index (χ3v) is 3.97. The highest BCUT2D eigenvalue weighted by molar-refractivity contribution is 6.30. The van der Waals surface area contributed by atoms with E-state index in [0.717, 1.165) is 5.56 Å². The molecule has 0 radical (unpaired) electrons. The van der Waals surface area contributed by atoms with Crippen LogP contribution in [0, 0.1) is 0 Å². The van der Waals surface area contributed by atoms with E-state index in [9.17, 15) is 9.59 Å². The molecule has 0 saturated carbocycles. The van der Waals surface area contributed by atoms with E-state index in [1.165, 1.54) is 14.2 Å². The fourth-order valence-corrected chi connectivity index (χ4v) is 2.51. The van der Waals surface area contributed by atoms with E-state index in [1.54, 1.807) is 30.3 Å². The van der Waals surface area contributed by atoms with Crippen LogP contribution < -0.4 is 20.1 Å². The van der Waals surface area contributed by atoms with Crippen molar-refractivity contribution in [2.45, 2.75) is 6.42 Å². The van der Waals surface area contributed by atoms with E-state index >= 15 is 0 Å². The average molecular weight is 377 g/mol. The second-order valence-corrected chi connectivity index (χ2v) is 5.88. The van der Waals surface area contributed by atoms with Gasteiger partial charge in [0, 0.05) is 11.6 Å². The third-order valence-electron chi connectivity index (χ3n) is 3.71. The second kappa shape index (κ2) is 9.68. The fraction of sp³-hybridized carbons (Fsp3) is 0.263. The lowest BCUT2D eigenvalue weighted by Crippen LogP contribution is -2.37. The zero-order valence-corrected chi connectivity index (χ0v) is 15.4. The van der Waals surface area contributed by atoms with Gasteiger partial charge in [0.1, 0.15) is 17.1 Å². The highest BCUT2D eigenvalue weighted by Crippen LogP contribution is 2.27. The highest BCUT2D eigenvalue weighted by atomic mass is 35.5. The minimum atomic E-state index is -0.438. The van der Waals surface area contributed by atoms with E-state index < -0.39 is 5.91 Å². The lowest BCUT2D eigenvalue weighted by molar-refractivity contribution is -0.120. The minimum Gasteiger partial charge on any atom is -0.496 e. The van der Waals surface area contributed by atoms with Crippen molar-refractivity contribution in [3.8, 4) is 11.5 Å².